The Balaban J connectivity index is 2.08. The highest BCUT2D eigenvalue weighted by Gasteiger charge is 2.11. The summed E-state index contributed by atoms with van der Waals surface area (Å²) in [5, 5.41) is 5.13. The second-order valence-electron chi connectivity index (χ2n) is 4.26. The summed E-state index contributed by atoms with van der Waals surface area (Å²) < 4.78 is 4.64. The molecule has 8 heteroatoms. The average Bonchev–Trinajstić information content (AvgIpc) is 2.89. The van der Waals surface area contributed by atoms with Crippen LogP contribution in [-0.4, -0.2) is 28.9 Å². The minimum absolute atomic E-state index is 0.121. The molecule has 7 nitrogen and oxygen atoms in total. The van der Waals surface area contributed by atoms with Gasteiger partial charge in [-0.25, -0.2) is 14.8 Å². The number of aromatic nitrogens is 6. The predicted molar refractivity (Wildman–Crippen MR) is 70.1 cm³/mol. The fraction of sp³-hybridized carbons (Fsp3) is 0.273. The number of fused-ring (bicyclic) bond motifs is 1. The maximum absolute atomic E-state index is 11.8. The maximum atomic E-state index is 11.8. The summed E-state index contributed by atoms with van der Waals surface area (Å²) in [5.41, 5.74) is 0.531. The first-order valence-electron chi connectivity index (χ1n) is 5.62. The van der Waals surface area contributed by atoms with Gasteiger partial charge >= 0.3 is 5.69 Å². The normalized spacial score (nSPS) is 11.3. The van der Waals surface area contributed by atoms with Gasteiger partial charge in [0.2, 0.25) is 0 Å². The topological polar surface area (TPSA) is 70.5 Å². The second kappa shape index (κ2) is 4.20. The van der Waals surface area contributed by atoms with Crippen molar-refractivity contribution < 1.29 is 0 Å². The Morgan fingerprint density at radius 3 is 2.74 bits per heavy atom. The summed E-state index contributed by atoms with van der Waals surface area (Å²) in [6.07, 6.45) is 5.00. The van der Waals surface area contributed by atoms with Gasteiger partial charge < -0.3 is 4.57 Å². The first-order valence-corrected chi connectivity index (χ1v) is 6.00. The van der Waals surface area contributed by atoms with Crippen LogP contribution < -0.4 is 5.69 Å². The Morgan fingerprint density at radius 2 is 2.05 bits per heavy atom. The molecule has 0 N–H and O–H groups in total. The van der Waals surface area contributed by atoms with Crippen LogP contribution in [-0.2, 0) is 20.6 Å². The van der Waals surface area contributed by atoms with E-state index in [0.29, 0.717) is 22.0 Å². The van der Waals surface area contributed by atoms with Crippen molar-refractivity contribution in [2.45, 2.75) is 6.54 Å². The Morgan fingerprint density at radius 1 is 1.26 bits per heavy atom. The van der Waals surface area contributed by atoms with Crippen LogP contribution in [0.4, 0.5) is 0 Å². The molecule has 0 bridgehead atoms. The second-order valence-corrected chi connectivity index (χ2v) is 4.61. The first-order chi connectivity index (χ1) is 9.06. The van der Waals surface area contributed by atoms with Crippen LogP contribution in [0.1, 0.15) is 5.82 Å². The van der Waals surface area contributed by atoms with Crippen molar-refractivity contribution in [3.63, 3.8) is 0 Å². The maximum Gasteiger partial charge on any atom is 0.328 e. The van der Waals surface area contributed by atoms with E-state index in [-0.39, 0.29) is 12.2 Å². The predicted octanol–water partition coefficient (Wildman–Crippen LogP) is 0.565. The van der Waals surface area contributed by atoms with E-state index in [4.69, 9.17) is 11.6 Å². The molecule has 0 aromatic carbocycles. The number of hydrogen-bond donors (Lipinski definition) is 0. The summed E-state index contributed by atoms with van der Waals surface area (Å²) in [7, 11) is 3.47. The van der Waals surface area contributed by atoms with Crippen LogP contribution >= 0.6 is 11.6 Å². The summed E-state index contributed by atoms with van der Waals surface area (Å²) in [6.45, 7) is 0.278. The molecule has 19 heavy (non-hydrogen) atoms. The molecule has 3 aromatic rings. The Hall–Kier alpha value is -2.15. The first kappa shape index (κ1) is 11.9. The van der Waals surface area contributed by atoms with Crippen LogP contribution in [0.3, 0.4) is 0 Å². The zero-order valence-corrected chi connectivity index (χ0v) is 11.2. The molecule has 0 spiro atoms. The van der Waals surface area contributed by atoms with Crippen molar-refractivity contribution in [3.8, 4) is 0 Å². The highest BCUT2D eigenvalue weighted by molar-refractivity contribution is 6.33. The molecule has 0 aliphatic rings. The van der Waals surface area contributed by atoms with E-state index in [1.54, 1.807) is 37.4 Å². The summed E-state index contributed by atoms with van der Waals surface area (Å²) >= 11 is 6.09. The van der Waals surface area contributed by atoms with Crippen molar-refractivity contribution in [2.75, 3.05) is 0 Å². The van der Waals surface area contributed by atoms with Gasteiger partial charge in [-0.05, 0) is 0 Å². The lowest BCUT2D eigenvalue weighted by atomic mass is 10.4. The molecule has 3 rings (SSSR count). The quantitative estimate of drug-likeness (QED) is 0.643. The summed E-state index contributed by atoms with van der Waals surface area (Å²) in [6, 6.07) is 0. The molecular weight excluding hydrogens is 268 g/mol. The standard InChI is InChI=1S/C11H11ClN6O/c1-16-3-4-18(11(16)19)6-8-14-9(12)7-5-13-17(2)10(7)15-8/h3-5H,6H2,1-2H3. The lowest BCUT2D eigenvalue weighted by Gasteiger charge is -2.02. The molecular formula is C11H11ClN6O. The fourth-order valence-electron chi connectivity index (χ4n) is 1.88. The van der Waals surface area contributed by atoms with Gasteiger partial charge in [0, 0.05) is 26.5 Å². The molecule has 0 aliphatic carbocycles. The van der Waals surface area contributed by atoms with Gasteiger partial charge in [-0.15, -0.1) is 0 Å². The van der Waals surface area contributed by atoms with Crippen molar-refractivity contribution in [1.82, 2.24) is 28.9 Å². The van der Waals surface area contributed by atoms with Crippen molar-refractivity contribution in [1.29, 1.82) is 0 Å². The van der Waals surface area contributed by atoms with E-state index in [0.717, 1.165) is 0 Å². The van der Waals surface area contributed by atoms with Crippen molar-refractivity contribution >= 4 is 22.6 Å². The number of rotatable bonds is 2. The van der Waals surface area contributed by atoms with Crippen LogP contribution in [0.2, 0.25) is 5.15 Å². The Bertz CT molecular complexity index is 814. The third-order valence-electron chi connectivity index (χ3n) is 2.92. The molecule has 0 saturated heterocycles. The third kappa shape index (κ3) is 1.91. The van der Waals surface area contributed by atoms with Gasteiger partial charge in [0.1, 0.15) is 5.15 Å². The minimum atomic E-state index is -0.121. The van der Waals surface area contributed by atoms with Crippen LogP contribution in [0.5, 0.6) is 0 Å². The molecule has 0 unspecified atom stereocenters. The molecule has 0 saturated carbocycles. The smallest absolute Gasteiger partial charge is 0.302 e. The van der Waals surface area contributed by atoms with Crippen molar-refractivity contribution in [2.24, 2.45) is 14.1 Å². The van der Waals surface area contributed by atoms with Gasteiger partial charge in [-0.2, -0.15) is 5.10 Å². The largest absolute Gasteiger partial charge is 0.328 e. The highest BCUT2D eigenvalue weighted by atomic mass is 35.5. The number of halogens is 1. The van der Waals surface area contributed by atoms with E-state index in [1.165, 1.54) is 9.13 Å². The SMILES string of the molecule is Cn1ccn(Cc2nc(Cl)c3cnn(C)c3n2)c1=O. The van der Waals surface area contributed by atoms with Gasteiger partial charge in [0.25, 0.3) is 0 Å². The molecule has 0 amide bonds. The van der Waals surface area contributed by atoms with Crippen LogP contribution in [0.15, 0.2) is 23.4 Å². The lowest BCUT2D eigenvalue weighted by Crippen LogP contribution is -2.23. The fourth-order valence-corrected chi connectivity index (χ4v) is 2.11. The molecule has 0 radical (unpaired) electrons. The monoisotopic (exact) mass is 278 g/mol. The third-order valence-corrected chi connectivity index (χ3v) is 3.21. The van der Waals surface area contributed by atoms with E-state index in [1.807, 2.05) is 0 Å². The molecule has 3 aromatic heterocycles. The number of hydrogen-bond acceptors (Lipinski definition) is 4. The Kier molecular flexibility index (Phi) is 2.63. The van der Waals surface area contributed by atoms with Gasteiger partial charge in [-0.1, -0.05) is 11.6 Å². The van der Waals surface area contributed by atoms with Crippen LogP contribution in [0, 0.1) is 0 Å². The molecule has 98 valence electrons. The van der Waals surface area contributed by atoms with E-state index >= 15 is 0 Å². The van der Waals surface area contributed by atoms with E-state index in [2.05, 4.69) is 15.1 Å². The number of aryl methyl sites for hydroxylation is 2. The van der Waals surface area contributed by atoms with Crippen molar-refractivity contribution in [3.05, 3.63) is 40.1 Å². The summed E-state index contributed by atoms with van der Waals surface area (Å²) in [4.78, 5) is 20.3. The van der Waals surface area contributed by atoms with Gasteiger partial charge in [0.15, 0.2) is 11.5 Å². The van der Waals surface area contributed by atoms with Crippen LogP contribution in [0.25, 0.3) is 11.0 Å². The molecule has 0 atom stereocenters. The number of imidazole rings is 1. The lowest BCUT2D eigenvalue weighted by molar-refractivity contribution is 0.686. The zero-order chi connectivity index (χ0) is 13.6. The summed E-state index contributed by atoms with van der Waals surface area (Å²) in [5.74, 6) is 0.481. The average molecular weight is 279 g/mol. The highest BCUT2D eigenvalue weighted by Crippen LogP contribution is 2.19. The number of nitrogens with zero attached hydrogens (tertiary/aromatic N) is 6. The zero-order valence-electron chi connectivity index (χ0n) is 10.4. The van der Waals surface area contributed by atoms with E-state index < -0.39 is 0 Å². The minimum Gasteiger partial charge on any atom is -0.302 e. The molecule has 3 heterocycles. The molecule has 0 aliphatic heterocycles. The van der Waals surface area contributed by atoms with Gasteiger partial charge in [-0.3, -0.25) is 9.25 Å². The van der Waals surface area contributed by atoms with Gasteiger partial charge in [0.05, 0.1) is 18.1 Å². The molecule has 0 fully saturated rings. The Labute approximate surface area is 113 Å². The van der Waals surface area contributed by atoms with E-state index in [9.17, 15) is 4.79 Å².